The summed E-state index contributed by atoms with van der Waals surface area (Å²) >= 11 is 0. The number of hydrogen-bond donors (Lipinski definition) is 4. The number of nitrogens with two attached hydrogens (primary N) is 1. The summed E-state index contributed by atoms with van der Waals surface area (Å²) in [6, 6.07) is 11.8. The highest BCUT2D eigenvalue weighted by molar-refractivity contribution is 7.92. The lowest BCUT2D eigenvalue weighted by molar-refractivity contribution is 0.479. The van der Waals surface area contributed by atoms with Gasteiger partial charge in [-0.05, 0) is 49.7 Å². The molecule has 0 aliphatic rings. The Morgan fingerprint density at radius 3 is 2.32 bits per heavy atom. The van der Waals surface area contributed by atoms with Gasteiger partial charge >= 0.3 is 0 Å². The van der Waals surface area contributed by atoms with E-state index in [1.165, 1.54) is 43.3 Å². The van der Waals surface area contributed by atoms with E-state index in [0.717, 1.165) is 12.1 Å². The molecule has 9 nitrogen and oxygen atoms in total. The highest BCUT2D eigenvalue weighted by atomic mass is 32.2. The van der Waals surface area contributed by atoms with Gasteiger partial charge in [0.05, 0.1) is 22.8 Å². The van der Waals surface area contributed by atoms with Crippen molar-refractivity contribution in [2.45, 2.75) is 13.8 Å². The fourth-order valence-electron chi connectivity index (χ4n) is 2.88. The zero-order chi connectivity index (χ0) is 25.1. The van der Waals surface area contributed by atoms with Crippen LogP contribution in [0.3, 0.4) is 0 Å². The summed E-state index contributed by atoms with van der Waals surface area (Å²) in [5.41, 5.74) is 0.318. The second-order valence-electron chi connectivity index (χ2n) is 7.22. The van der Waals surface area contributed by atoms with E-state index in [-0.39, 0.29) is 40.0 Å². The van der Waals surface area contributed by atoms with E-state index in [0.29, 0.717) is 5.56 Å². The number of ether oxygens (including phenoxy) is 1. The van der Waals surface area contributed by atoms with Crippen LogP contribution in [-0.4, -0.2) is 22.6 Å². The molecule has 0 saturated carbocycles. The number of sulfonamides is 1. The standard InChI is InChI=1S/C21H22F2N4O5S2/c1-3-33(28,29)26-15-5-4-6-16(12-15)32-20-11-14(22)10-19(21(20)27-34(24,30)31)25-18-8-7-13(2)9-17(18)23/h4-12,25-27H,3H2,1-2H3,(H2,24,30,31). The summed E-state index contributed by atoms with van der Waals surface area (Å²) in [6.45, 7) is 3.15. The van der Waals surface area contributed by atoms with Gasteiger partial charge in [0.1, 0.15) is 23.1 Å². The highest BCUT2D eigenvalue weighted by Gasteiger charge is 2.19. The molecule has 0 unspecified atom stereocenters. The van der Waals surface area contributed by atoms with E-state index in [4.69, 9.17) is 9.88 Å². The predicted molar refractivity (Wildman–Crippen MR) is 127 cm³/mol. The number of halogens is 2. The highest BCUT2D eigenvalue weighted by Crippen LogP contribution is 2.39. The first-order chi connectivity index (χ1) is 15.8. The summed E-state index contributed by atoms with van der Waals surface area (Å²) < 4.78 is 86.1. The minimum atomic E-state index is -4.35. The molecule has 182 valence electrons. The van der Waals surface area contributed by atoms with E-state index in [1.807, 2.05) is 4.72 Å². The summed E-state index contributed by atoms with van der Waals surface area (Å²) in [5.74, 6) is -1.88. The van der Waals surface area contributed by atoms with Gasteiger partial charge in [-0.25, -0.2) is 22.3 Å². The molecule has 5 N–H and O–H groups in total. The minimum Gasteiger partial charge on any atom is -0.455 e. The third-order valence-electron chi connectivity index (χ3n) is 4.42. The summed E-state index contributed by atoms with van der Waals surface area (Å²) in [4.78, 5) is 0. The molecule has 0 aliphatic carbocycles. The first-order valence-corrected chi connectivity index (χ1v) is 13.0. The molecule has 34 heavy (non-hydrogen) atoms. The molecule has 13 heteroatoms. The summed E-state index contributed by atoms with van der Waals surface area (Å²) in [7, 11) is -7.92. The molecular formula is C21H22F2N4O5S2. The van der Waals surface area contributed by atoms with Gasteiger partial charge in [0.15, 0.2) is 5.75 Å². The fourth-order valence-corrected chi connectivity index (χ4v) is 4.00. The van der Waals surface area contributed by atoms with Gasteiger partial charge in [0.2, 0.25) is 10.0 Å². The van der Waals surface area contributed by atoms with Gasteiger partial charge in [-0.2, -0.15) is 8.42 Å². The predicted octanol–water partition coefficient (Wildman–Crippen LogP) is 4.19. The molecule has 0 amide bonds. The van der Waals surface area contributed by atoms with Crippen molar-refractivity contribution in [2.24, 2.45) is 5.14 Å². The van der Waals surface area contributed by atoms with Crippen LogP contribution in [0.4, 0.5) is 31.5 Å². The Kier molecular flexibility index (Phi) is 7.29. The Labute approximate surface area is 196 Å². The fraction of sp³-hybridized carbons (Fsp3) is 0.143. The van der Waals surface area contributed by atoms with Crippen LogP contribution in [0.25, 0.3) is 0 Å². The van der Waals surface area contributed by atoms with Gasteiger partial charge in [-0.15, -0.1) is 0 Å². The molecule has 0 radical (unpaired) electrons. The molecule has 3 aromatic carbocycles. The number of aryl methyl sites for hydroxylation is 1. The SMILES string of the molecule is CCS(=O)(=O)Nc1cccc(Oc2cc(F)cc(Nc3ccc(C)cc3F)c2NS(N)(=O)=O)c1. The third-order valence-corrected chi connectivity index (χ3v) is 6.22. The quantitative estimate of drug-likeness (QED) is 0.339. The van der Waals surface area contributed by atoms with Crippen LogP contribution >= 0.6 is 0 Å². The molecular weight excluding hydrogens is 490 g/mol. The van der Waals surface area contributed by atoms with Crippen molar-refractivity contribution in [2.75, 3.05) is 20.5 Å². The van der Waals surface area contributed by atoms with E-state index in [2.05, 4.69) is 10.0 Å². The Bertz CT molecular complexity index is 1430. The molecule has 0 aromatic heterocycles. The smallest absolute Gasteiger partial charge is 0.296 e. The number of benzene rings is 3. The van der Waals surface area contributed by atoms with Crippen LogP contribution in [0.15, 0.2) is 54.6 Å². The molecule has 0 aliphatic heterocycles. The van der Waals surface area contributed by atoms with Crippen molar-refractivity contribution in [3.8, 4) is 11.5 Å². The van der Waals surface area contributed by atoms with Crippen molar-refractivity contribution in [3.05, 3.63) is 71.8 Å². The van der Waals surface area contributed by atoms with Gasteiger partial charge in [-0.3, -0.25) is 9.44 Å². The van der Waals surface area contributed by atoms with Crippen molar-refractivity contribution < 1.29 is 30.4 Å². The first kappa shape index (κ1) is 25.2. The van der Waals surface area contributed by atoms with Crippen molar-refractivity contribution in [1.29, 1.82) is 0 Å². The maximum atomic E-state index is 14.4. The maximum absolute atomic E-state index is 14.4. The topological polar surface area (TPSA) is 140 Å². The zero-order valence-electron chi connectivity index (χ0n) is 18.1. The number of nitrogens with one attached hydrogen (secondary N) is 3. The molecule has 0 fully saturated rings. The first-order valence-electron chi connectivity index (χ1n) is 9.81. The van der Waals surface area contributed by atoms with Crippen molar-refractivity contribution in [3.63, 3.8) is 0 Å². The molecule has 0 heterocycles. The van der Waals surface area contributed by atoms with Gasteiger partial charge in [0.25, 0.3) is 10.2 Å². The Hall–Kier alpha value is -3.42. The second-order valence-corrected chi connectivity index (χ2v) is 10.5. The number of hydrogen-bond acceptors (Lipinski definition) is 6. The van der Waals surface area contributed by atoms with Crippen LogP contribution in [-0.2, 0) is 20.2 Å². The molecule has 0 bridgehead atoms. The van der Waals surface area contributed by atoms with Crippen LogP contribution in [0, 0.1) is 18.6 Å². The van der Waals surface area contributed by atoms with Crippen molar-refractivity contribution in [1.82, 2.24) is 0 Å². The van der Waals surface area contributed by atoms with Crippen LogP contribution in [0.1, 0.15) is 12.5 Å². The molecule has 3 rings (SSSR count). The zero-order valence-corrected chi connectivity index (χ0v) is 19.7. The van der Waals surface area contributed by atoms with Crippen LogP contribution < -0.4 is 24.6 Å². The maximum Gasteiger partial charge on any atom is 0.296 e. The Morgan fingerprint density at radius 1 is 0.941 bits per heavy atom. The molecule has 3 aromatic rings. The monoisotopic (exact) mass is 512 g/mol. The molecule has 0 saturated heterocycles. The Balaban J connectivity index is 2.05. The minimum absolute atomic E-state index is 0.0458. The van der Waals surface area contributed by atoms with Crippen LogP contribution in [0.5, 0.6) is 11.5 Å². The third kappa shape index (κ3) is 6.79. The van der Waals surface area contributed by atoms with E-state index < -0.39 is 31.9 Å². The lowest BCUT2D eigenvalue weighted by Gasteiger charge is -2.18. The van der Waals surface area contributed by atoms with Crippen molar-refractivity contribution >= 4 is 43.0 Å². The van der Waals surface area contributed by atoms with E-state index in [9.17, 15) is 25.6 Å². The number of rotatable bonds is 9. The largest absolute Gasteiger partial charge is 0.455 e. The summed E-state index contributed by atoms with van der Waals surface area (Å²) in [5, 5.41) is 7.76. The number of anilines is 4. The van der Waals surface area contributed by atoms with E-state index in [1.54, 1.807) is 13.0 Å². The van der Waals surface area contributed by atoms with Gasteiger partial charge in [0, 0.05) is 12.1 Å². The van der Waals surface area contributed by atoms with Gasteiger partial charge in [-0.1, -0.05) is 12.1 Å². The van der Waals surface area contributed by atoms with Gasteiger partial charge < -0.3 is 10.1 Å². The van der Waals surface area contributed by atoms with Crippen LogP contribution in [0.2, 0.25) is 0 Å². The average molecular weight is 513 g/mol. The summed E-state index contributed by atoms with van der Waals surface area (Å²) in [6.07, 6.45) is 0. The second kappa shape index (κ2) is 9.83. The average Bonchev–Trinajstić information content (AvgIpc) is 2.71. The lowest BCUT2D eigenvalue weighted by atomic mass is 10.2. The lowest BCUT2D eigenvalue weighted by Crippen LogP contribution is -2.22. The Morgan fingerprint density at radius 2 is 1.68 bits per heavy atom. The molecule has 0 spiro atoms. The molecule has 0 atom stereocenters. The normalized spacial score (nSPS) is 11.7. The van der Waals surface area contributed by atoms with E-state index >= 15 is 0 Å².